The zero-order chi connectivity index (χ0) is 17.6. The quantitative estimate of drug-likeness (QED) is 0.744. The van der Waals surface area contributed by atoms with Crippen LogP contribution in [0.3, 0.4) is 0 Å². The Kier molecular flexibility index (Phi) is 4.95. The van der Waals surface area contributed by atoms with Crippen LogP contribution in [-0.2, 0) is 6.54 Å². The first-order valence-electron chi connectivity index (χ1n) is 8.08. The highest BCUT2D eigenvalue weighted by molar-refractivity contribution is 5.93. The summed E-state index contributed by atoms with van der Waals surface area (Å²) in [6, 6.07) is 15.2. The maximum Gasteiger partial charge on any atom is 0.322 e. The smallest absolute Gasteiger partial charge is 0.322 e. The average Bonchev–Trinajstić information content (AvgIpc) is 2.98. The van der Waals surface area contributed by atoms with Gasteiger partial charge in [-0.2, -0.15) is 5.26 Å². The molecule has 3 rings (SSSR count). The molecule has 0 radical (unpaired) electrons. The molecule has 0 fully saturated rings. The van der Waals surface area contributed by atoms with Gasteiger partial charge in [0.25, 0.3) is 0 Å². The summed E-state index contributed by atoms with van der Waals surface area (Å²) in [6.45, 7) is 2.71. The lowest BCUT2D eigenvalue weighted by Crippen LogP contribution is -2.35. The van der Waals surface area contributed by atoms with Gasteiger partial charge in [0.05, 0.1) is 24.7 Å². The number of nitrogens with one attached hydrogen (secondary N) is 2. The molecule has 0 saturated carbocycles. The SMILES string of the molecule is Cc1cc2cc(NC(=O)N(CCC#N)Cc3ccccn3)ccc2[nH]1. The highest BCUT2D eigenvalue weighted by Crippen LogP contribution is 2.20. The second kappa shape index (κ2) is 7.49. The summed E-state index contributed by atoms with van der Waals surface area (Å²) in [6.07, 6.45) is 1.97. The van der Waals surface area contributed by atoms with Crippen LogP contribution in [0.2, 0.25) is 0 Å². The van der Waals surface area contributed by atoms with E-state index in [2.05, 4.69) is 21.4 Å². The fourth-order valence-corrected chi connectivity index (χ4v) is 2.68. The van der Waals surface area contributed by atoms with E-state index in [9.17, 15) is 4.79 Å². The third kappa shape index (κ3) is 4.15. The number of anilines is 1. The van der Waals surface area contributed by atoms with Crippen LogP contribution in [0.1, 0.15) is 17.8 Å². The minimum Gasteiger partial charge on any atom is -0.359 e. The summed E-state index contributed by atoms with van der Waals surface area (Å²) < 4.78 is 0. The Morgan fingerprint density at radius 3 is 2.96 bits per heavy atom. The topological polar surface area (TPSA) is 84.8 Å². The van der Waals surface area contributed by atoms with Gasteiger partial charge in [0.15, 0.2) is 0 Å². The molecule has 126 valence electrons. The molecule has 25 heavy (non-hydrogen) atoms. The molecule has 0 saturated heterocycles. The number of nitriles is 1. The maximum atomic E-state index is 12.6. The van der Waals surface area contributed by atoms with Crippen LogP contribution in [-0.4, -0.2) is 27.4 Å². The normalized spacial score (nSPS) is 10.4. The first-order chi connectivity index (χ1) is 12.2. The number of rotatable bonds is 5. The molecule has 0 aliphatic rings. The largest absolute Gasteiger partial charge is 0.359 e. The van der Waals surface area contributed by atoms with Gasteiger partial charge in [-0.1, -0.05) is 6.07 Å². The van der Waals surface area contributed by atoms with E-state index in [4.69, 9.17) is 5.26 Å². The summed E-state index contributed by atoms with van der Waals surface area (Å²) in [5, 5.41) is 12.8. The van der Waals surface area contributed by atoms with Crippen molar-refractivity contribution in [2.45, 2.75) is 19.9 Å². The molecule has 0 spiro atoms. The Labute approximate surface area is 146 Å². The molecule has 6 nitrogen and oxygen atoms in total. The average molecular weight is 333 g/mol. The Hall–Kier alpha value is -3.33. The molecule has 6 heteroatoms. The number of carbonyl (C=O) groups excluding carboxylic acids is 1. The lowest BCUT2D eigenvalue weighted by Gasteiger charge is -2.21. The number of hydrogen-bond acceptors (Lipinski definition) is 3. The van der Waals surface area contributed by atoms with Crippen LogP contribution in [0.15, 0.2) is 48.7 Å². The number of benzene rings is 1. The van der Waals surface area contributed by atoms with Crippen LogP contribution in [0, 0.1) is 18.3 Å². The highest BCUT2D eigenvalue weighted by Gasteiger charge is 2.15. The van der Waals surface area contributed by atoms with E-state index in [1.807, 2.05) is 49.4 Å². The molecule has 0 unspecified atom stereocenters. The van der Waals surface area contributed by atoms with Crippen LogP contribution < -0.4 is 5.32 Å². The number of pyridine rings is 1. The fraction of sp³-hybridized carbons (Fsp3) is 0.211. The predicted molar refractivity (Wildman–Crippen MR) is 96.9 cm³/mol. The van der Waals surface area contributed by atoms with Gasteiger partial charge in [0, 0.05) is 35.0 Å². The van der Waals surface area contributed by atoms with E-state index in [-0.39, 0.29) is 12.5 Å². The molecule has 2 aromatic heterocycles. The first kappa shape index (κ1) is 16.5. The van der Waals surface area contributed by atoms with Crippen molar-refractivity contribution in [3.05, 3.63) is 60.0 Å². The number of carbonyl (C=O) groups is 1. The summed E-state index contributed by atoms with van der Waals surface area (Å²) in [7, 11) is 0. The van der Waals surface area contributed by atoms with Crippen LogP contribution in [0.5, 0.6) is 0 Å². The fourth-order valence-electron chi connectivity index (χ4n) is 2.68. The first-order valence-corrected chi connectivity index (χ1v) is 8.08. The zero-order valence-corrected chi connectivity index (χ0v) is 14.0. The number of urea groups is 1. The Morgan fingerprint density at radius 2 is 2.20 bits per heavy atom. The van der Waals surface area contributed by atoms with Gasteiger partial charge in [0.2, 0.25) is 0 Å². The van der Waals surface area contributed by atoms with Gasteiger partial charge in [-0.15, -0.1) is 0 Å². The third-order valence-electron chi connectivity index (χ3n) is 3.87. The van der Waals surface area contributed by atoms with Crippen molar-refractivity contribution in [3.63, 3.8) is 0 Å². The van der Waals surface area contributed by atoms with Crippen molar-refractivity contribution in [2.24, 2.45) is 0 Å². The van der Waals surface area contributed by atoms with Gasteiger partial charge in [-0.3, -0.25) is 4.98 Å². The summed E-state index contributed by atoms with van der Waals surface area (Å²) in [4.78, 5) is 21.7. The summed E-state index contributed by atoms with van der Waals surface area (Å²) in [5.41, 5.74) is 3.61. The maximum absolute atomic E-state index is 12.6. The number of amides is 2. The van der Waals surface area contributed by atoms with Gasteiger partial charge in [0.1, 0.15) is 0 Å². The van der Waals surface area contributed by atoms with E-state index in [0.717, 1.165) is 28.0 Å². The van der Waals surface area contributed by atoms with E-state index in [1.54, 1.807) is 11.1 Å². The van der Waals surface area contributed by atoms with Crippen molar-refractivity contribution < 1.29 is 4.79 Å². The highest BCUT2D eigenvalue weighted by atomic mass is 16.2. The van der Waals surface area contributed by atoms with Crippen LogP contribution in [0.4, 0.5) is 10.5 Å². The minimum absolute atomic E-state index is 0.243. The number of fused-ring (bicyclic) bond motifs is 1. The Bertz CT molecular complexity index is 910. The van der Waals surface area contributed by atoms with E-state index in [1.165, 1.54) is 0 Å². The molecule has 2 amide bonds. The molecule has 0 aliphatic heterocycles. The molecule has 2 heterocycles. The summed E-state index contributed by atoms with van der Waals surface area (Å²) >= 11 is 0. The summed E-state index contributed by atoms with van der Waals surface area (Å²) in [5.74, 6) is 0. The van der Waals surface area contributed by atoms with Crippen LogP contribution >= 0.6 is 0 Å². The Balaban J connectivity index is 1.74. The second-order valence-electron chi connectivity index (χ2n) is 5.84. The van der Waals surface area contributed by atoms with Crippen LogP contribution in [0.25, 0.3) is 10.9 Å². The Morgan fingerprint density at radius 1 is 1.32 bits per heavy atom. The van der Waals surface area contributed by atoms with Gasteiger partial charge in [-0.05, 0) is 43.3 Å². The van der Waals surface area contributed by atoms with Crippen molar-refractivity contribution in [1.29, 1.82) is 5.26 Å². The van der Waals surface area contributed by atoms with Crippen molar-refractivity contribution in [2.75, 3.05) is 11.9 Å². The molecule has 0 aliphatic carbocycles. The van der Waals surface area contributed by atoms with Gasteiger partial charge < -0.3 is 15.2 Å². The molecular formula is C19H19N5O. The molecule has 3 aromatic rings. The van der Waals surface area contributed by atoms with Crippen molar-refractivity contribution in [3.8, 4) is 6.07 Å². The van der Waals surface area contributed by atoms with Gasteiger partial charge in [-0.25, -0.2) is 4.79 Å². The molecule has 0 atom stereocenters. The van der Waals surface area contributed by atoms with Crippen molar-refractivity contribution in [1.82, 2.24) is 14.9 Å². The van der Waals surface area contributed by atoms with Gasteiger partial charge >= 0.3 is 6.03 Å². The van der Waals surface area contributed by atoms with E-state index in [0.29, 0.717) is 13.1 Å². The number of aromatic amines is 1. The number of hydrogen-bond donors (Lipinski definition) is 2. The monoisotopic (exact) mass is 333 g/mol. The lowest BCUT2D eigenvalue weighted by molar-refractivity contribution is 0.209. The molecule has 0 bridgehead atoms. The number of H-pyrrole nitrogens is 1. The molecule has 1 aromatic carbocycles. The second-order valence-corrected chi connectivity index (χ2v) is 5.84. The zero-order valence-electron chi connectivity index (χ0n) is 14.0. The number of aryl methyl sites for hydroxylation is 1. The standard InChI is InChI=1S/C19H19N5O/c1-14-11-15-12-16(6-7-18(15)22-14)23-19(25)24(10-4-8-20)13-17-5-2-3-9-21-17/h2-3,5-7,9,11-12,22H,4,10,13H2,1H3,(H,23,25). The third-order valence-corrected chi connectivity index (χ3v) is 3.87. The predicted octanol–water partition coefficient (Wildman–Crippen LogP) is 3.82. The van der Waals surface area contributed by atoms with E-state index < -0.39 is 0 Å². The number of nitrogens with zero attached hydrogens (tertiary/aromatic N) is 3. The number of aromatic nitrogens is 2. The van der Waals surface area contributed by atoms with E-state index >= 15 is 0 Å². The minimum atomic E-state index is -0.243. The lowest BCUT2D eigenvalue weighted by atomic mass is 10.2. The van der Waals surface area contributed by atoms with Crippen molar-refractivity contribution >= 4 is 22.6 Å². The molecular weight excluding hydrogens is 314 g/mol. The molecule has 2 N–H and O–H groups in total.